The molecule has 0 aliphatic rings. The predicted octanol–water partition coefficient (Wildman–Crippen LogP) is 3.33. The van der Waals surface area contributed by atoms with Crippen molar-refractivity contribution in [2.24, 2.45) is 0 Å². The third kappa shape index (κ3) is 5.99. The zero-order valence-electron chi connectivity index (χ0n) is 11.4. The molecule has 21 heavy (non-hydrogen) atoms. The van der Waals surface area contributed by atoms with Crippen LogP contribution in [0.5, 0.6) is 0 Å². The Labute approximate surface area is 125 Å². The number of benzene rings is 1. The van der Waals surface area contributed by atoms with Gasteiger partial charge in [0.25, 0.3) is 5.76 Å². The van der Waals surface area contributed by atoms with Crippen LogP contribution < -0.4 is 5.32 Å². The van der Waals surface area contributed by atoms with Crippen LogP contribution in [0.3, 0.4) is 0 Å². The van der Waals surface area contributed by atoms with E-state index < -0.39 is 24.3 Å². The molecule has 1 aromatic rings. The number of halogens is 2. The molecule has 0 bridgehead atoms. The van der Waals surface area contributed by atoms with Gasteiger partial charge >= 0.3 is 12.0 Å². The second-order valence-corrected chi connectivity index (χ2v) is 5.15. The molecular formula is C13H16F2N2O3S. The van der Waals surface area contributed by atoms with E-state index in [1.165, 1.54) is 12.1 Å². The van der Waals surface area contributed by atoms with Crippen molar-refractivity contribution in [3.05, 3.63) is 24.3 Å². The Hall–Kier alpha value is -1.83. The zero-order chi connectivity index (χ0) is 15.8. The van der Waals surface area contributed by atoms with Crippen molar-refractivity contribution in [3.63, 3.8) is 0 Å². The van der Waals surface area contributed by atoms with Crippen LogP contribution in [0.4, 0.5) is 19.3 Å². The van der Waals surface area contributed by atoms with E-state index in [0.29, 0.717) is 18.2 Å². The summed E-state index contributed by atoms with van der Waals surface area (Å²) in [5.74, 6) is -3.73. The van der Waals surface area contributed by atoms with E-state index in [4.69, 9.17) is 5.11 Å². The summed E-state index contributed by atoms with van der Waals surface area (Å²) >= 11 is 0.323. The first-order chi connectivity index (χ1) is 9.93. The average Bonchev–Trinajstić information content (AvgIpc) is 2.39. The van der Waals surface area contributed by atoms with E-state index in [1.54, 1.807) is 12.1 Å². The van der Waals surface area contributed by atoms with Crippen molar-refractivity contribution in [3.8, 4) is 0 Å². The molecule has 0 aliphatic heterocycles. The standard InChI is InChI=1S/C13H16F2N2O3S/c1-2-7-17(8-11(18)19)13(20)16-9-5-3-4-6-10(9)21-12(14)15/h3-6,12H,2,7-8H2,1H3,(H,16,20)(H,18,19). The smallest absolute Gasteiger partial charge is 0.323 e. The molecule has 116 valence electrons. The molecule has 8 heteroatoms. The highest BCUT2D eigenvalue weighted by molar-refractivity contribution is 7.99. The highest BCUT2D eigenvalue weighted by Gasteiger charge is 2.18. The number of anilines is 1. The van der Waals surface area contributed by atoms with Crippen LogP contribution >= 0.6 is 11.8 Å². The summed E-state index contributed by atoms with van der Waals surface area (Å²) in [5, 5.41) is 11.2. The number of rotatable bonds is 7. The molecule has 0 aliphatic carbocycles. The van der Waals surface area contributed by atoms with Crippen molar-refractivity contribution in [2.45, 2.75) is 24.0 Å². The molecule has 0 heterocycles. The molecule has 0 fully saturated rings. The molecule has 0 aromatic heterocycles. The number of para-hydroxylation sites is 1. The lowest BCUT2D eigenvalue weighted by molar-refractivity contribution is -0.137. The number of aliphatic carboxylic acids is 1. The minimum Gasteiger partial charge on any atom is -0.480 e. The minimum atomic E-state index is -2.60. The van der Waals surface area contributed by atoms with Crippen molar-refractivity contribution >= 4 is 29.4 Å². The quantitative estimate of drug-likeness (QED) is 0.757. The van der Waals surface area contributed by atoms with Gasteiger partial charge < -0.3 is 15.3 Å². The number of nitrogens with zero attached hydrogens (tertiary/aromatic N) is 1. The van der Waals surface area contributed by atoms with Gasteiger partial charge in [0.15, 0.2) is 0 Å². The molecular weight excluding hydrogens is 302 g/mol. The number of carboxylic acid groups (broad SMARTS) is 1. The second-order valence-electron chi connectivity index (χ2n) is 4.12. The number of carbonyl (C=O) groups is 2. The van der Waals surface area contributed by atoms with Crippen molar-refractivity contribution < 1.29 is 23.5 Å². The fourth-order valence-electron chi connectivity index (χ4n) is 1.65. The van der Waals surface area contributed by atoms with Gasteiger partial charge in [0.1, 0.15) is 6.54 Å². The number of carboxylic acids is 1. The fraction of sp³-hybridized carbons (Fsp3) is 0.385. The van der Waals surface area contributed by atoms with E-state index in [9.17, 15) is 18.4 Å². The topological polar surface area (TPSA) is 69.6 Å². The second kappa shape index (κ2) is 8.46. The van der Waals surface area contributed by atoms with Crippen LogP contribution in [0.1, 0.15) is 13.3 Å². The molecule has 1 aromatic carbocycles. The Morgan fingerprint density at radius 1 is 1.38 bits per heavy atom. The maximum atomic E-state index is 12.5. The lowest BCUT2D eigenvalue weighted by Gasteiger charge is -2.21. The first-order valence-electron chi connectivity index (χ1n) is 6.25. The third-order valence-corrected chi connectivity index (χ3v) is 3.24. The van der Waals surface area contributed by atoms with E-state index >= 15 is 0 Å². The molecule has 5 nitrogen and oxygen atoms in total. The molecule has 0 radical (unpaired) electrons. The normalized spacial score (nSPS) is 10.5. The minimum absolute atomic E-state index is 0.229. The monoisotopic (exact) mass is 318 g/mol. The third-order valence-electron chi connectivity index (χ3n) is 2.45. The SMILES string of the molecule is CCCN(CC(=O)O)C(=O)Nc1ccccc1SC(F)F. The van der Waals surface area contributed by atoms with Crippen molar-refractivity contribution in [1.29, 1.82) is 0 Å². The molecule has 0 spiro atoms. The molecule has 2 N–H and O–H groups in total. The van der Waals surface area contributed by atoms with Gasteiger partial charge in [0.05, 0.1) is 5.69 Å². The first kappa shape index (κ1) is 17.2. The van der Waals surface area contributed by atoms with Gasteiger partial charge in [0.2, 0.25) is 0 Å². The number of hydrogen-bond acceptors (Lipinski definition) is 3. The summed E-state index contributed by atoms with van der Waals surface area (Å²) in [7, 11) is 0. The number of thioether (sulfide) groups is 1. The molecule has 2 amide bonds. The van der Waals surface area contributed by atoms with E-state index in [1.807, 2.05) is 6.92 Å². The summed E-state index contributed by atoms with van der Waals surface area (Å²) < 4.78 is 24.9. The molecule has 0 unspecified atom stereocenters. The molecule has 0 saturated heterocycles. The van der Waals surface area contributed by atoms with Crippen LogP contribution in [0.15, 0.2) is 29.2 Å². The van der Waals surface area contributed by atoms with Crippen LogP contribution in [0.25, 0.3) is 0 Å². The predicted molar refractivity (Wildman–Crippen MR) is 76.8 cm³/mol. The Balaban J connectivity index is 2.82. The number of amides is 2. The number of alkyl halides is 2. The van der Waals surface area contributed by atoms with Gasteiger partial charge in [-0.1, -0.05) is 30.8 Å². The van der Waals surface area contributed by atoms with Gasteiger partial charge in [-0.25, -0.2) is 4.79 Å². The maximum Gasteiger partial charge on any atom is 0.323 e. The fourth-order valence-corrected chi connectivity index (χ4v) is 2.24. The Morgan fingerprint density at radius 2 is 2.05 bits per heavy atom. The van der Waals surface area contributed by atoms with E-state index in [2.05, 4.69) is 5.32 Å². The maximum absolute atomic E-state index is 12.5. The molecule has 1 rings (SSSR count). The average molecular weight is 318 g/mol. The number of nitrogens with one attached hydrogen (secondary N) is 1. The number of carbonyl (C=O) groups excluding carboxylic acids is 1. The Bertz CT molecular complexity index is 500. The summed E-state index contributed by atoms with van der Waals surface area (Å²) in [6.07, 6.45) is 0.591. The lowest BCUT2D eigenvalue weighted by Crippen LogP contribution is -2.39. The van der Waals surface area contributed by atoms with Crippen molar-refractivity contribution in [1.82, 2.24) is 4.90 Å². The van der Waals surface area contributed by atoms with Crippen LogP contribution in [0, 0.1) is 0 Å². The van der Waals surface area contributed by atoms with Crippen molar-refractivity contribution in [2.75, 3.05) is 18.4 Å². The van der Waals surface area contributed by atoms with E-state index in [0.717, 1.165) is 4.90 Å². The van der Waals surface area contributed by atoms with Crippen LogP contribution in [-0.2, 0) is 4.79 Å². The molecule has 0 atom stereocenters. The summed E-state index contributed by atoms with van der Waals surface area (Å²) in [5.41, 5.74) is 0.235. The highest BCUT2D eigenvalue weighted by Crippen LogP contribution is 2.31. The van der Waals surface area contributed by atoms with Gasteiger partial charge in [-0.3, -0.25) is 4.79 Å². The zero-order valence-corrected chi connectivity index (χ0v) is 12.2. The van der Waals surface area contributed by atoms with E-state index in [-0.39, 0.29) is 17.1 Å². The lowest BCUT2D eigenvalue weighted by atomic mass is 10.3. The number of hydrogen-bond donors (Lipinski definition) is 2. The first-order valence-corrected chi connectivity index (χ1v) is 7.13. The molecule has 0 saturated carbocycles. The van der Waals surface area contributed by atoms with Gasteiger partial charge in [0, 0.05) is 11.4 Å². The van der Waals surface area contributed by atoms with Gasteiger partial charge in [-0.05, 0) is 18.6 Å². The van der Waals surface area contributed by atoms with Gasteiger partial charge in [-0.15, -0.1) is 0 Å². The van der Waals surface area contributed by atoms with Crippen LogP contribution in [-0.4, -0.2) is 40.9 Å². The summed E-state index contributed by atoms with van der Waals surface area (Å²) in [6, 6.07) is 5.52. The Morgan fingerprint density at radius 3 is 2.62 bits per heavy atom. The largest absolute Gasteiger partial charge is 0.480 e. The summed E-state index contributed by atoms with van der Waals surface area (Å²) in [4.78, 5) is 24.1. The Kier molecular flexibility index (Phi) is 6.93. The highest BCUT2D eigenvalue weighted by atomic mass is 32.2. The number of urea groups is 1. The van der Waals surface area contributed by atoms with Crippen LogP contribution in [0.2, 0.25) is 0 Å². The summed E-state index contributed by atoms with van der Waals surface area (Å²) in [6.45, 7) is 1.63. The van der Waals surface area contributed by atoms with Gasteiger partial charge in [-0.2, -0.15) is 8.78 Å².